The van der Waals surface area contributed by atoms with Gasteiger partial charge in [0.1, 0.15) is 21.7 Å². The molecular formula is C29H41Br2N5O7. The molecule has 14 heteroatoms. The normalized spacial score (nSPS) is 22.2. The van der Waals surface area contributed by atoms with Gasteiger partial charge in [0.05, 0.1) is 23.3 Å². The van der Waals surface area contributed by atoms with Crippen LogP contribution in [0.15, 0.2) is 32.1 Å². The Morgan fingerprint density at radius 2 is 1.98 bits per heavy atom. The van der Waals surface area contributed by atoms with Crippen molar-refractivity contribution in [2.75, 3.05) is 19.7 Å². The third-order valence-electron chi connectivity index (χ3n) is 7.41. The maximum atomic E-state index is 13.5. The number of hydrogen-bond acceptors (Lipinski definition) is 8. The smallest absolute Gasteiger partial charge is 0.408 e. The fourth-order valence-electron chi connectivity index (χ4n) is 5.15. The lowest BCUT2D eigenvalue weighted by Gasteiger charge is -2.26. The minimum atomic E-state index is -0.957. The zero-order chi connectivity index (χ0) is 31.8. The molecule has 3 rings (SSSR count). The summed E-state index contributed by atoms with van der Waals surface area (Å²) in [6.07, 6.45) is 10.0. The minimum absolute atomic E-state index is 0.0920. The number of carbonyl (C=O) groups is 4. The van der Waals surface area contributed by atoms with E-state index in [9.17, 15) is 24.0 Å². The van der Waals surface area contributed by atoms with Gasteiger partial charge in [-0.2, -0.15) is 5.10 Å². The SMILES string of the molecule is CCOC(=O)[C@@]1(NC=O)C[C@H]1/C=C\CCCCC[C@H](NC(=O)OC(C)(C)C)C(=O)N1CC[C@@H](n2ncc(Br)c(Br)c2=O)C1. The van der Waals surface area contributed by atoms with Crippen molar-refractivity contribution in [3.63, 3.8) is 0 Å². The van der Waals surface area contributed by atoms with Crippen LogP contribution in [0.5, 0.6) is 0 Å². The van der Waals surface area contributed by atoms with Crippen molar-refractivity contribution >= 4 is 56.2 Å². The van der Waals surface area contributed by atoms with Gasteiger partial charge in [-0.25, -0.2) is 14.3 Å². The Balaban J connectivity index is 1.53. The maximum Gasteiger partial charge on any atom is 0.408 e. The Labute approximate surface area is 268 Å². The lowest BCUT2D eigenvalue weighted by molar-refractivity contribution is -0.148. The Hall–Kier alpha value is -2.74. The van der Waals surface area contributed by atoms with Crippen LogP contribution in [-0.2, 0) is 23.9 Å². The number of unbranched alkanes of at least 4 members (excludes halogenated alkanes) is 3. The van der Waals surface area contributed by atoms with Gasteiger partial charge in [-0.1, -0.05) is 25.0 Å². The lowest BCUT2D eigenvalue weighted by Crippen LogP contribution is -2.49. The van der Waals surface area contributed by atoms with E-state index in [4.69, 9.17) is 9.47 Å². The number of amides is 3. The highest BCUT2D eigenvalue weighted by Crippen LogP contribution is 2.45. The van der Waals surface area contributed by atoms with E-state index >= 15 is 0 Å². The van der Waals surface area contributed by atoms with Crippen LogP contribution in [-0.4, -0.2) is 75.9 Å². The molecule has 0 spiro atoms. The van der Waals surface area contributed by atoms with E-state index in [-0.39, 0.29) is 30.0 Å². The van der Waals surface area contributed by atoms with E-state index in [0.717, 1.165) is 19.3 Å². The molecule has 12 nitrogen and oxygen atoms in total. The summed E-state index contributed by atoms with van der Waals surface area (Å²) >= 11 is 6.56. The molecule has 2 aliphatic rings. The monoisotopic (exact) mass is 729 g/mol. The number of rotatable bonds is 14. The number of ether oxygens (including phenoxy) is 2. The third-order valence-corrected chi connectivity index (χ3v) is 9.31. The Morgan fingerprint density at radius 1 is 1.23 bits per heavy atom. The second kappa shape index (κ2) is 15.3. The van der Waals surface area contributed by atoms with Crippen molar-refractivity contribution < 1.29 is 28.7 Å². The molecule has 3 amide bonds. The van der Waals surface area contributed by atoms with E-state index in [2.05, 4.69) is 47.6 Å². The molecule has 43 heavy (non-hydrogen) atoms. The second-order valence-corrected chi connectivity index (χ2v) is 13.5. The van der Waals surface area contributed by atoms with Crippen molar-refractivity contribution in [2.45, 2.75) is 95.9 Å². The number of alkyl carbamates (subject to hydrolysis) is 1. The number of carbonyl (C=O) groups excluding carboxylic acids is 4. The predicted octanol–water partition coefficient (Wildman–Crippen LogP) is 4.01. The quantitative estimate of drug-likeness (QED) is 0.126. The molecular weight excluding hydrogens is 690 g/mol. The van der Waals surface area contributed by atoms with Gasteiger partial charge >= 0.3 is 12.1 Å². The predicted molar refractivity (Wildman–Crippen MR) is 166 cm³/mol. The summed E-state index contributed by atoms with van der Waals surface area (Å²) in [5, 5.41) is 9.60. The molecule has 1 aromatic heterocycles. The summed E-state index contributed by atoms with van der Waals surface area (Å²) in [7, 11) is 0. The van der Waals surface area contributed by atoms with Crippen molar-refractivity contribution in [2.24, 2.45) is 5.92 Å². The molecule has 4 atom stereocenters. The number of allylic oxidation sites excluding steroid dienone is 1. The van der Waals surface area contributed by atoms with E-state index in [0.29, 0.717) is 54.1 Å². The van der Waals surface area contributed by atoms with Gasteiger partial charge in [-0.05, 0) is 91.7 Å². The molecule has 238 valence electrons. The first-order valence-corrected chi connectivity index (χ1v) is 16.2. The highest BCUT2D eigenvalue weighted by atomic mass is 79.9. The van der Waals surface area contributed by atoms with E-state index in [1.165, 1.54) is 4.68 Å². The first-order chi connectivity index (χ1) is 20.3. The Bertz CT molecular complexity index is 1260. The third kappa shape index (κ3) is 9.37. The molecule has 0 radical (unpaired) electrons. The van der Waals surface area contributed by atoms with Crippen molar-refractivity contribution in [1.82, 2.24) is 25.3 Å². The lowest BCUT2D eigenvalue weighted by atomic mass is 10.1. The summed E-state index contributed by atoms with van der Waals surface area (Å²) in [6.45, 7) is 8.01. The Kier molecular flexibility index (Phi) is 12.4. The zero-order valence-corrected chi connectivity index (χ0v) is 28.2. The molecule has 2 N–H and O–H groups in total. The van der Waals surface area contributed by atoms with Crippen LogP contribution in [0.4, 0.5) is 4.79 Å². The highest BCUT2D eigenvalue weighted by molar-refractivity contribution is 9.13. The zero-order valence-electron chi connectivity index (χ0n) is 25.1. The van der Waals surface area contributed by atoms with Crippen LogP contribution in [0, 0.1) is 5.92 Å². The number of nitrogens with zero attached hydrogens (tertiary/aromatic N) is 3. The second-order valence-electron chi connectivity index (χ2n) is 11.8. The van der Waals surface area contributed by atoms with Gasteiger partial charge in [0.15, 0.2) is 0 Å². The fraction of sp³-hybridized carbons (Fsp3) is 0.655. The number of nitrogens with one attached hydrogen (secondary N) is 2. The molecule has 1 aliphatic carbocycles. The van der Waals surface area contributed by atoms with Crippen molar-refractivity contribution in [3.8, 4) is 0 Å². The average Bonchev–Trinajstić information content (AvgIpc) is 3.41. The van der Waals surface area contributed by atoms with Gasteiger partial charge in [0.2, 0.25) is 12.3 Å². The number of esters is 1. The summed E-state index contributed by atoms with van der Waals surface area (Å²) in [6, 6.07) is -1.04. The number of aromatic nitrogens is 2. The summed E-state index contributed by atoms with van der Waals surface area (Å²) in [5.41, 5.74) is -1.95. The maximum absolute atomic E-state index is 13.5. The fourth-order valence-corrected chi connectivity index (χ4v) is 5.69. The molecule has 1 saturated carbocycles. The van der Waals surface area contributed by atoms with Gasteiger partial charge in [0, 0.05) is 19.0 Å². The van der Waals surface area contributed by atoms with Gasteiger partial charge in [-0.3, -0.25) is 14.4 Å². The number of hydrogen-bond donors (Lipinski definition) is 2. The largest absolute Gasteiger partial charge is 0.464 e. The molecule has 1 saturated heterocycles. The van der Waals surface area contributed by atoms with Gasteiger partial charge in [0.25, 0.3) is 5.56 Å². The van der Waals surface area contributed by atoms with Gasteiger partial charge < -0.3 is 25.0 Å². The highest BCUT2D eigenvalue weighted by Gasteiger charge is 2.60. The van der Waals surface area contributed by atoms with Crippen molar-refractivity contribution in [1.29, 1.82) is 0 Å². The van der Waals surface area contributed by atoms with Crippen LogP contribution in [0.2, 0.25) is 0 Å². The molecule has 0 bridgehead atoms. The molecule has 0 aromatic carbocycles. The summed E-state index contributed by atoms with van der Waals surface area (Å²) in [5.74, 6) is -0.725. The average molecular weight is 731 g/mol. The molecule has 1 aliphatic heterocycles. The molecule has 0 unspecified atom stereocenters. The van der Waals surface area contributed by atoms with Crippen LogP contribution in [0.1, 0.15) is 78.7 Å². The molecule has 2 fully saturated rings. The molecule has 2 heterocycles. The van der Waals surface area contributed by atoms with Gasteiger partial charge in [-0.15, -0.1) is 0 Å². The van der Waals surface area contributed by atoms with E-state index in [1.54, 1.807) is 38.8 Å². The summed E-state index contributed by atoms with van der Waals surface area (Å²) < 4.78 is 12.8. The topological polar surface area (TPSA) is 149 Å². The first-order valence-electron chi connectivity index (χ1n) is 14.6. The van der Waals surface area contributed by atoms with E-state index < -0.39 is 29.2 Å². The summed E-state index contributed by atoms with van der Waals surface area (Å²) in [4.78, 5) is 63.7. The van der Waals surface area contributed by atoms with Crippen LogP contribution < -0.4 is 16.2 Å². The first kappa shape index (κ1) is 34.7. The Morgan fingerprint density at radius 3 is 2.65 bits per heavy atom. The number of halogens is 2. The minimum Gasteiger partial charge on any atom is -0.464 e. The molecule has 1 aromatic rings. The van der Waals surface area contributed by atoms with Crippen LogP contribution >= 0.6 is 31.9 Å². The van der Waals surface area contributed by atoms with Crippen LogP contribution in [0.25, 0.3) is 0 Å². The van der Waals surface area contributed by atoms with Crippen LogP contribution in [0.3, 0.4) is 0 Å². The van der Waals surface area contributed by atoms with Crippen molar-refractivity contribution in [3.05, 3.63) is 37.6 Å². The standard InChI is InChI=1S/C29H41Br2N5O7/c1-5-42-26(40)29(32-18-37)15-19(29)11-9-7-6-8-10-12-22(34-27(41)43-28(2,3)4)24(38)35-14-13-20(17-35)36-25(39)23(31)21(30)16-33-36/h9,11,16,18-20,22H,5-8,10,12-15,17H2,1-4H3,(H,32,37)(H,34,41)/b11-9-/t19-,20-,22+,29-/m1/s1. The number of likely N-dealkylation sites (tertiary alicyclic amines) is 1. The van der Waals surface area contributed by atoms with E-state index in [1.807, 2.05) is 12.2 Å².